The van der Waals surface area contributed by atoms with Crippen LogP contribution in [-0.2, 0) is 28.6 Å². The van der Waals surface area contributed by atoms with E-state index >= 15 is 0 Å². The molecule has 0 aromatic carbocycles. The molecule has 0 saturated carbocycles. The van der Waals surface area contributed by atoms with E-state index in [9.17, 15) is 19.5 Å². The van der Waals surface area contributed by atoms with Gasteiger partial charge in [-0.15, -0.1) is 0 Å². The van der Waals surface area contributed by atoms with Gasteiger partial charge in [0.1, 0.15) is 6.61 Å². The number of aliphatic carboxylic acids is 1. The standard InChI is InChI=1S/C59H111NO7/c1-6-8-10-12-14-16-18-20-22-24-26-28-29-30-32-33-35-37-39-41-43-45-47-49-57(61)66-54-55(53-65-52-51-56(59(63)64)60(3,4)5)67-58(62)50-48-46-44-42-40-38-36-34-31-27-25-23-21-19-17-15-13-11-9-7-2/h17,19,21,23,55-56H,6-16,18,20,22,24-54H2,1-5H3/p+1/b19-17+,23-21+. The van der Waals surface area contributed by atoms with Crippen molar-refractivity contribution in [3.63, 3.8) is 0 Å². The number of quaternary nitrogens is 1. The fourth-order valence-electron chi connectivity index (χ4n) is 8.91. The number of carboxylic acid groups (broad SMARTS) is 1. The van der Waals surface area contributed by atoms with Crippen LogP contribution in [0.2, 0.25) is 0 Å². The highest BCUT2D eigenvalue weighted by atomic mass is 16.6. The van der Waals surface area contributed by atoms with Gasteiger partial charge in [-0.3, -0.25) is 9.59 Å². The fraction of sp³-hybridized carbons (Fsp3) is 0.881. The summed E-state index contributed by atoms with van der Waals surface area (Å²) in [6.07, 6.45) is 59.5. The molecule has 0 aliphatic carbocycles. The summed E-state index contributed by atoms with van der Waals surface area (Å²) in [6.45, 7) is 4.77. The molecule has 394 valence electrons. The smallest absolute Gasteiger partial charge is 0.362 e. The highest BCUT2D eigenvalue weighted by Crippen LogP contribution is 2.17. The number of allylic oxidation sites excluding steroid dienone is 4. The molecule has 0 saturated heterocycles. The summed E-state index contributed by atoms with van der Waals surface area (Å²) in [5.41, 5.74) is 0. The lowest BCUT2D eigenvalue weighted by Gasteiger charge is -2.31. The van der Waals surface area contributed by atoms with Crippen molar-refractivity contribution >= 4 is 17.9 Å². The van der Waals surface area contributed by atoms with Gasteiger partial charge in [-0.2, -0.15) is 0 Å². The molecule has 0 spiro atoms. The lowest BCUT2D eigenvalue weighted by Crippen LogP contribution is -2.50. The fourth-order valence-corrected chi connectivity index (χ4v) is 8.91. The second kappa shape index (κ2) is 50.2. The van der Waals surface area contributed by atoms with Crippen molar-refractivity contribution < 1.29 is 38.2 Å². The zero-order valence-electron chi connectivity index (χ0n) is 45.1. The SMILES string of the molecule is CCCCCC/C=C/C=C/CCCCCCCCCCCCC(=O)OC(COCCC(C(=O)O)[N+](C)(C)C)COC(=O)CCCCCCCCCCCCCCCCCCCCCCCCC. The zero-order valence-corrected chi connectivity index (χ0v) is 45.1. The van der Waals surface area contributed by atoms with Gasteiger partial charge in [-0.05, 0) is 38.5 Å². The van der Waals surface area contributed by atoms with E-state index in [0.717, 1.165) is 38.5 Å². The third kappa shape index (κ3) is 48.6. The van der Waals surface area contributed by atoms with Crippen LogP contribution in [0, 0.1) is 0 Å². The number of ether oxygens (including phenoxy) is 3. The van der Waals surface area contributed by atoms with E-state index < -0.39 is 18.1 Å². The monoisotopic (exact) mass is 947 g/mol. The summed E-state index contributed by atoms with van der Waals surface area (Å²) < 4.78 is 17.4. The van der Waals surface area contributed by atoms with Crippen molar-refractivity contribution in [3.05, 3.63) is 24.3 Å². The van der Waals surface area contributed by atoms with Crippen LogP contribution < -0.4 is 0 Å². The topological polar surface area (TPSA) is 99.1 Å². The summed E-state index contributed by atoms with van der Waals surface area (Å²) in [4.78, 5) is 37.3. The Morgan fingerprint density at radius 3 is 1.13 bits per heavy atom. The molecule has 0 heterocycles. The lowest BCUT2D eigenvalue weighted by molar-refractivity contribution is -0.887. The molecule has 0 radical (unpaired) electrons. The first kappa shape index (κ1) is 64.8. The minimum atomic E-state index is -0.871. The number of carboxylic acids is 1. The second-order valence-electron chi connectivity index (χ2n) is 20.9. The van der Waals surface area contributed by atoms with Gasteiger partial charge in [0.05, 0.1) is 34.4 Å². The number of esters is 2. The molecule has 1 N–H and O–H groups in total. The lowest BCUT2D eigenvalue weighted by atomic mass is 10.0. The molecular weight excluding hydrogens is 835 g/mol. The highest BCUT2D eigenvalue weighted by Gasteiger charge is 2.31. The molecule has 0 aliphatic heterocycles. The Bertz CT molecular complexity index is 1150. The summed E-state index contributed by atoms with van der Waals surface area (Å²) in [5.74, 6) is -1.45. The quantitative estimate of drug-likeness (QED) is 0.0281. The molecule has 8 heteroatoms. The van der Waals surface area contributed by atoms with E-state index in [4.69, 9.17) is 14.2 Å². The number of hydrogen-bond donors (Lipinski definition) is 1. The summed E-state index contributed by atoms with van der Waals surface area (Å²) in [6, 6.07) is -0.614. The zero-order chi connectivity index (χ0) is 49.2. The van der Waals surface area contributed by atoms with Crippen LogP contribution in [0.25, 0.3) is 0 Å². The molecule has 67 heavy (non-hydrogen) atoms. The number of carbonyl (C=O) groups excluding carboxylic acids is 2. The number of hydrogen-bond acceptors (Lipinski definition) is 6. The molecule has 0 aliphatic rings. The van der Waals surface area contributed by atoms with E-state index in [1.165, 1.54) is 212 Å². The van der Waals surface area contributed by atoms with Crippen molar-refractivity contribution in [2.75, 3.05) is 41.0 Å². The Morgan fingerprint density at radius 1 is 0.448 bits per heavy atom. The maximum absolute atomic E-state index is 12.8. The number of carbonyl (C=O) groups is 3. The Kier molecular flexibility index (Phi) is 48.6. The molecule has 0 aromatic heterocycles. The van der Waals surface area contributed by atoms with Gasteiger partial charge >= 0.3 is 17.9 Å². The van der Waals surface area contributed by atoms with Crippen molar-refractivity contribution in [3.8, 4) is 0 Å². The number of nitrogens with zero attached hydrogens (tertiary/aromatic N) is 1. The minimum Gasteiger partial charge on any atom is -0.477 e. The van der Waals surface area contributed by atoms with Crippen LogP contribution in [0.3, 0.4) is 0 Å². The maximum Gasteiger partial charge on any atom is 0.362 e. The van der Waals surface area contributed by atoms with Crippen LogP contribution in [0.15, 0.2) is 24.3 Å². The van der Waals surface area contributed by atoms with Crippen molar-refractivity contribution in [2.45, 2.75) is 296 Å². The van der Waals surface area contributed by atoms with E-state index in [1.807, 2.05) is 21.1 Å². The van der Waals surface area contributed by atoms with E-state index in [0.29, 0.717) is 19.3 Å². The molecule has 0 aromatic rings. The van der Waals surface area contributed by atoms with E-state index in [1.54, 1.807) is 0 Å². The number of unbranched alkanes of at least 4 members (excludes halogenated alkanes) is 36. The van der Waals surface area contributed by atoms with E-state index in [2.05, 4.69) is 38.2 Å². The Balaban J connectivity index is 4.13. The predicted octanol–water partition coefficient (Wildman–Crippen LogP) is 17.2. The molecule has 0 bridgehead atoms. The van der Waals surface area contributed by atoms with Crippen LogP contribution in [0.4, 0.5) is 0 Å². The first-order chi connectivity index (χ1) is 32.6. The number of likely N-dealkylation sites (N-methyl/N-ethyl adjacent to an activating group) is 1. The second-order valence-corrected chi connectivity index (χ2v) is 20.9. The van der Waals surface area contributed by atoms with Gasteiger partial charge in [-0.25, -0.2) is 4.79 Å². The molecule has 0 amide bonds. The molecular formula is C59H112NO7+. The molecule has 2 unspecified atom stereocenters. The van der Waals surface area contributed by atoms with Crippen LogP contribution in [0.1, 0.15) is 284 Å². The Hall–Kier alpha value is -2.19. The molecule has 2 atom stereocenters. The average molecular weight is 948 g/mol. The van der Waals surface area contributed by atoms with E-state index in [-0.39, 0.29) is 36.2 Å². The third-order valence-electron chi connectivity index (χ3n) is 13.4. The van der Waals surface area contributed by atoms with Crippen LogP contribution in [0.5, 0.6) is 0 Å². The molecule has 0 fully saturated rings. The normalized spacial score (nSPS) is 12.9. The van der Waals surface area contributed by atoms with Crippen molar-refractivity contribution in [1.29, 1.82) is 0 Å². The van der Waals surface area contributed by atoms with Gasteiger partial charge in [0.15, 0.2) is 12.1 Å². The summed E-state index contributed by atoms with van der Waals surface area (Å²) >= 11 is 0. The largest absolute Gasteiger partial charge is 0.477 e. The van der Waals surface area contributed by atoms with Gasteiger partial charge in [0.2, 0.25) is 0 Å². The molecule has 8 nitrogen and oxygen atoms in total. The van der Waals surface area contributed by atoms with Crippen LogP contribution in [-0.4, -0.2) is 80.6 Å². The predicted molar refractivity (Wildman–Crippen MR) is 285 cm³/mol. The molecule has 0 rings (SSSR count). The Labute approximate surface area is 415 Å². The average Bonchev–Trinajstić information content (AvgIpc) is 3.29. The summed E-state index contributed by atoms with van der Waals surface area (Å²) in [5, 5.41) is 9.68. The van der Waals surface area contributed by atoms with Gasteiger partial charge < -0.3 is 23.8 Å². The third-order valence-corrected chi connectivity index (χ3v) is 13.4. The maximum atomic E-state index is 12.8. The number of rotatable bonds is 53. The van der Waals surface area contributed by atoms with Crippen molar-refractivity contribution in [1.82, 2.24) is 0 Å². The summed E-state index contributed by atoms with van der Waals surface area (Å²) in [7, 11) is 5.55. The Morgan fingerprint density at radius 2 is 0.776 bits per heavy atom. The first-order valence-corrected chi connectivity index (χ1v) is 28.9. The van der Waals surface area contributed by atoms with Gasteiger partial charge in [-0.1, -0.05) is 250 Å². The minimum absolute atomic E-state index is 0.0467. The first-order valence-electron chi connectivity index (χ1n) is 28.9. The highest BCUT2D eigenvalue weighted by molar-refractivity contribution is 5.72. The van der Waals surface area contributed by atoms with Crippen molar-refractivity contribution in [2.24, 2.45) is 0 Å². The van der Waals surface area contributed by atoms with Gasteiger partial charge in [0, 0.05) is 19.3 Å². The van der Waals surface area contributed by atoms with Crippen LogP contribution >= 0.6 is 0 Å². The van der Waals surface area contributed by atoms with Gasteiger partial charge in [0.25, 0.3) is 0 Å².